The Morgan fingerprint density at radius 2 is 1.68 bits per heavy atom. The van der Waals surface area contributed by atoms with E-state index >= 15 is 4.39 Å². The maximum Gasteiger partial charge on any atom is 0.420 e. The molecule has 0 saturated carbocycles. The normalized spacial score (nSPS) is 16.0. The van der Waals surface area contributed by atoms with Crippen LogP contribution >= 0.6 is 23.6 Å². The predicted molar refractivity (Wildman–Crippen MR) is 274 cm³/mol. The molecule has 2 unspecified atom stereocenters. The Kier molecular flexibility index (Phi) is 19.1. The molecule has 402 valence electrons. The number of nitrogens with zero attached hydrogens (tertiary/aromatic N) is 6. The van der Waals surface area contributed by atoms with Crippen LogP contribution in [0.2, 0.25) is 0 Å². The monoisotopic (exact) mass is 1080 g/mol. The lowest BCUT2D eigenvalue weighted by Crippen LogP contribution is -2.58. The minimum Gasteiger partial charge on any atom is -0.477 e. The van der Waals surface area contributed by atoms with E-state index in [1.165, 1.54) is 37.1 Å². The first-order valence-electron chi connectivity index (χ1n) is 24.2. The van der Waals surface area contributed by atoms with Gasteiger partial charge >= 0.3 is 12.1 Å². The molecule has 2 aromatic heterocycles. The summed E-state index contributed by atoms with van der Waals surface area (Å²) in [4.78, 5) is 80.0. The Bertz CT molecular complexity index is 2800. The number of halogens is 4. The largest absolute Gasteiger partial charge is 0.477 e. The Balaban J connectivity index is 0.895. The summed E-state index contributed by atoms with van der Waals surface area (Å²) in [5.41, 5.74) is -1.17. The molecule has 4 aromatic rings. The number of anilines is 2. The molecule has 4 heterocycles. The molecule has 2 fully saturated rings. The van der Waals surface area contributed by atoms with Crippen LogP contribution in [0.4, 0.5) is 28.9 Å². The number of likely N-dealkylation sites (tertiary alicyclic amines) is 1. The highest BCUT2D eigenvalue weighted by Crippen LogP contribution is 2.42. The molecule has 2 saturated heterocycles. The van der Waals surface area contributed by atoms with Crippen molar-refractivity contribution in [3.8, 4) is 22.4 Å². The number of thiocarbonyl (C=S) groups is 1. The predicted octanol–water partition coefficient (Wildman–Crippen LogP) is 8.06. The smallest absolute Gasteiger partial charge is 0.420 e. The van der Waals surface area contributed by atoms with E-state index in [2.05, 4.69) is 20.6 Å². The van der Waals surface area contributed by atoms with Crippen molar-refractivity contribution in [2.24, 2.45) is 5.41 Å². The van der Waals surface area contributed by atoms with E-state index in [4.69, 9.17) is 31.2 Å². The number of carbonyl (C=O) groups is 5. The zero-order valence-electron chi connectivity index (χ0n) is 42.7. The van der Waals surface area contributed by atoms with Crippen LogP contribution in [-0.4, -0.2) is 114 Å². The molecule has 2 aliphatic heterocycles. The van der Waals surface area contributed by atoms with Crippen molar-refractivity contribution in [1.29, 1.82) is 5.26 Å². The van der Waals surface area contributed by atoms with Crippen LogP contribution in [0, 0.1) is 29.5 Å². The van der Waals surface area contributed by atoms with Crippen molar-refractivity contribution in [3.63, 3.8) is 0 Å². The summed E-state index contributed by atoms with van der Waals surface area (Å²) in [7, 11) is 1.14. The maximum absolute atomic E-state index is 15.5. The highest BCUT2D eigenvalue weighted by molar-refractivity contribution is 7.81. The Hall–Kier alpha value is -6.61. The van der Waals surface area contributed by atoms with E-state index in [0.29, 0.717) is 69.7 Å². The van der Waals surface area contributed by atoms with Gasteiger partial charge in [-0.3, -0.25) is 24.1 Å². The second kappa shape index (κ2) is 24.8. The van der Waals surface area contributed by atoms with E-state index in [1.807, 2.05) is 57.5 Å². The quantitative estimate of drug-likeness (QED) is 0.0331. The van der Waals surface area contributed by atoms with Crippen molar-refractivity contribution < 1.29 is 60.5 Å². The molecule has 0 spiro atoms. The topological polar surface area (TPSA) is 206 Å². The number of benzene rings is 2. The van der Waals surface area contributed by atoms with Gasteiger partial charge in [0.25, 0.3) is 5.91 Å². The minimum absolute atomic E-state index is 0.0676. The average molecular weight is 1080 g/mol. The summed E-state index contributed by atoms with van der Waals surface area (Å²) < 4.78 is 79.1. The number of hydrogen-bond donors (Lipinski definition) is 2. The minimum atomic E-state index is -5.25. The number of hydrogen-bond acceptors (Lipinski definition) is 14. The SMILES string of the molecule is COC(=O)c1cc(N2C(=S)N(c3ccc(C#N)c(C(F)(F)F)c3F)C(=O)C2(C)C)cnc1OCCCCCOCCCOCC(=O)NC(C(=O)N1CCCC1C(=O)NCc1ccc(-c2scnc2C)cc1)C(C)(C)C. The Labute approximate surface area is 441 Å². The van der Waals surface area contributed by atoms with E-state index in [1.54, 1.807) is 16.2 Å². The summed E-state index contributed by atoms with van der Waals surface area (Å²) >= 11 is 7.09. The Morgan fingerprint density at radius 3 is 2.33 bits per heavy atom. The summed E-state index contributed by atoms with van der Waals surface area (Å²) in [5.74, 6) is -4.68. The average Bonchev–Trinajstić information content (AvgIpc) is 4.08. The van der Waals surface area contributed by atoms with Crippen LogP contribution in [0.25, 0.3) is 10.4 Å². The van der Waals surface area contributed by atoms with Crippen LogP contribution < -0.4 is 25.2 Å². The fourth-order valence-electron chi connectivity index (χ4n) is 8.65. The number of nitriles is 1. The zero-order chi connectivity index (χ0) is 54.8. The second-order valence-corrected chi connectivity index (χ2v) is 20.7. The second-order valence-electron chi connectivity index (χ2n) is 19.5. The van der Waals surface area contributed by atoms with E-state index in [-0.39, 0.29) is 48.8 Å². The number of pyridine rings is 1. The molecule has 4 amide bonds. The molecule has 6 rings (SSSR count). The first-order valence-corrected chi connectivity index (χ1v) is 25.5. The highest BCUT2D eigenvalue weighted by atomic mass is 32.1. The molecular weight excluding hydrogens is 1020 g/mol. The van der Waals surface area contributed by atoms with Crippen molar-refractivity contribution in [3.05, 3.63) is 87.9 Å². The number of unbranched alkanes of at least 4 members (excludes halogenated alkanes) is 2. The first kappa shape index (κ1) is 57.7. The summed E-state index contributed by atoms with van der Waals surface area (Å²) in [6.07, 6.45) is -0.421. The number of methoxy groups -OCH3 is 1. The van der Waals surface area contributed by atoms with Crippen molar-refractivity contribution >= 4 is 69.6 Å². The lowest BCUT2D eigenvalue weighted by molar-refractivity contribution is -0.144. The van der Waals surface area contributed by atoms with Gasteiger partial charge in [0.2, 0.25) is 23.6 Å². The van der Waals surface area contributed by atoms with Gasteiger partial charge in [-0.1, -0.05) is 45.0 Å². The highest BCUT2D eigenvalue weighted by Gasteiger charge is 2.52. The van der Waals surface area contributed by atoms with Gasteiger partial charge in [-0.2, -0.15) is 18.4 Å². The molecule has 17 nitrogen and oxygen atoms in total. The first-order chi connectivity index (χ1) is 35.5. The van der Waals surface area contributed by atoms with Gasteiger partial charge in [-0.05, 0) is 106 Å². The molecule has 75 heavy (non-hydrogen) atoms. The number of nitrogens with one attached hydrogen (secondary N) is 2. The van der Waals surface area contributed by atoms with Crippen molar-refractivity contribution in [2.45, 2.75) is 110 Å². The van der Waals surface area contributed by atoms with E-state index in [0.717, 1.165) is 40.9 Å². The number of esters is 1. The summed E-state index contributed by atoms with van der Waals surface area (Å²) in [5, 5.41) is 14.6. The number of rotatable bonds is 22. The third kappa shape index (κ3) is 13.6. The van der Waals surface area contributed by atoms with Gasteiger partial charge in [-0.15, -0.1) is 11.3 Å². The molecule has 2 atom stereocenters. The fourth-order valence-corrected chi connectivity index (χ4v) is 9.97. The van der Waals surface area contributed by atoms with Crippen LogP contribution in [0.1, 0.15) is 106 Å². The van der Waals surface area contributed by atoms with Crippen LogP contribution in [0.5, 0.6) is 5.88 Å². The standard InChI is InChI=1S/C52H60F4N8O9S2/c1-31-42(75-30-60-31)33-16-14-32(15-17-33)27-58-44(66)38-13-11-20-62(38)46(67)43(50(2,3)4)61-39(65)29-72-23-12-22-71-21-9-8-10-24-73-45-36(47(68)70-7)25-35(28-59-45)64-49(74)63(48(69)51(64,5)6)37-19-18-34(26-57)40(41(37)53)52(54,55)56/h14-19,25,28,30,38,43H,8-13,20-24,27,29H2,1-7H3,(H,58,66)(H,61,65). The van der Waals surface area contributed by atoms with Crippen molar-refractivity contribution in [2.75, 3.05) is 56.5 Å². The molecular formula is C52H60F4N8O9S2. The molecule has 2 N–H and O–H groups in total. The summed E-state index contributed by atoms with van der Waals surface area (Å²) in [6.45, 7) is 12.0. The number of alkyl halides is 3. The van der Waals surface area contributed by atoms with E-state index < -0.39 is 74.7 Å². The van der Waals surface area contributed by atoms with Gasteiger partial charge in [0.15, 0.2) is 10.9 Å². The van der Waals surface area contributed by atoms with Crippen LogP contribution in [-0.2, 0) is 46.1 Å². The molecule has 0 radical (unpaired) electrons. The number of ether oxygens (including phenoxy) is 4. The van der Waals surface area contributed by atoms with Gasteiger partial charge in [0.05, 0.1) is 59.0 Å². The molecule has 2 aromatic carbocycles. The van der Waals surface area contributed by atoms with E-state index in [9.17, 15) is 42.4 Å². The molecule has 0 bridgehead atoms. The number of aromatic nitrogens is 2. The van der Waals surface area contributed by atoms with Crippen molar-refractivity contribution in [1.82, 2.24) is 25.5 Å². The van der Waals surface area contributed by atoms with Gasteiger partial charge in [0.1, 0.15) is 35.4 Å². The van der Waals surface area contributed by atoms with Crippen LogP contribution in [0.3, 0.4) is 0 Å². The number of aryl methyl sites for hydroxylation is 1. The lowest BCUT2D eigenvalue weighted by Gasteiger charge is -2.35. The third-order valence-electron chi connectivity index (χ3n) is 12.6. The van der Waals surface area contributed by atoms with Gasteiger partial charge in [-0.25, -0.2) is 19.2 Å². The molecule has 0 aliphatic carbocycles. The number of thiazole rings is 1. The number of carbonyl (C=O) groups excluding carboxylic acids is 5. The van der Waals surface area contributed by atoms with Gasteiger partial charge in [0, 0.05) is 32.9 Å². The fraction of sp³-hybridized carbons (Fsp3) is 0.481. The number of amides is 4. The zero-order valence-corrected chi connectivity index (χ0v) is 44.4. The third-order valence-corrected chi connectivity index (χ3v) is 13.9. The molecule has 2 aliphatic rings. The maximum atomic E-state index is 15.5. The van der Waals surface area contributed by atoms with Crippen LogP contribution in [0.15, 0.2) is 54.2 Å². The Morgan fingerprint density at radius 1 is 0.987 bits per heavy atom. The summed E-state index contributed by atoms with van der Waals surface area (Å²) in [6, 6.07) is 10.6. The molecule has 23 heteroatoms. The lowest BCUT2D eigenvalue weighted by atomic mass is 9.85. The van der Waals surface area contributed by atoms with Gasteiger partial charge < -0.3 is 39.4 Å².